The lowest BCUT2D eigenvalue weighted by Crippen LogP contribution is -2.09. The van der Waals surface area contributed by atoms with Crippen molar-refractivity contribution in [2.24, 2.45) is 0 Å². The van der Waals surface area contributed by atoms with Gasteiger partial charge in [0, 0.05) is 30.4 Å². The molecular formula is C21H25N5O4. The van der Waals surface area contributed by atoms with E-state index in [1.807, 2.05) is 12.1 Å². The predicted molar refractivity (Wildman–Crippen MR) is 116 cm³/mol. The highest BCUT2D eigenvalue weighted by Gasteiger charge is 2.14. The van der Waals surface area contributed by atoms with Gasteiger partial charge in [-0.15, -0.1) is 0 Å². The molecule has 0 aliphatic rings. The zero-order valence-corrected chi connectivity index (χ0v) is 17.1. The van der Waals surface area contributed by atoms with Gasteiger partial charge in [0.05, 0.1) is 21.3 Å². The number of hydrogen-bond acceptors (Lipinski definition) is 9. The van der Waals surface area contributed by atoms with E-state index in [-0.39, 0.29) is 11.7 Å². The molecule has 0 unspecified atom stereocenters. The molecule has 3 rings (SSSR count). The fourth-order valence-corrected chi connectivity index (χ4v) is 2.92. The number of rotatable bonds is 9. The van der Waals surface area contributed by atoms with Crippen molar-refractivity contribution in [3.63, 3.8) is 0 Å². The summed E-state index contributed by atoms with van der Waals surface area (Å²) in [7, 11) is 4.66. The van der Waals surface area contributed by atoms with E-state index >= 15 is 0 Å². The van der Waals surface area contributed by atoms with Crippen molar-refractivity contribution in [2.75, 3.05) is 44.2 Å². The van der Waals surface area contributed by atoms with Gasteiger partial charge in [-0.2, -0.15) is 9.97 Å². The number of nitrogens with two attached hydrogens (primary N) is 1. The van der Waals surface area contributed by atoms with Crippen LogP contribution in [0.15, 0.2) is 42.5 Å². The highest BCUT2D eigenvalue weighted by Crippen LogP contribution is 2.40. The second kappa shape index (κ2) is 9.55. The van der Waals surface area contributed by atoms with Crippen LogP contribution in [0.4, 0.5) is 23.3 Å². The minimum Gasteiger partial charge on any atom is -0.508 e. The smallest absolute Gasteiger partial charge is 0.223 e. The molecule has 0 radical (unpaired) electrons. The van der Waals surface area contributed by atoms with Gasteiger partial charge in [0.25, 0.3) is 0 Å². The molecule has 0 amide bonds. The largest absolute Gasteiger partial charge is 0.508 e. The number of nitrogens with one attached hydrogen (secondary N) is 2. The van der Waals surface area contributed by atoms with Gasteiger partial charge in [-0.05, 0) is 24.1 Å². The van der Waals surface area contributed by atoms with Crippen molar-refractivity contribution in [1.82, 2.24) is 9.97 Å². The van der Waals surface area contributed by atoms with Crippen LogP contribution in [-0.2, 0) is 6.42 Å². The molecule has 9 heteroatoms. The summed E-state index contributed by atoms with van der Waals surface area (Å²) >= 11 is 0. The van der Waals surface area contributed by atoms with Crippen LogP contribution in [0, 0.1) is 0 Å². The zero-order chi connectivity index (χ0) is 21.5. The molecule has 0 atom stereocenters. The molecule has 0 bridgehead atoms. The minimum absolute atomic E-state index is 0.138. The second-order valence-corrected chi connectivity index (χ2v) is 6.38. The quantitative estimate of drug-likeness (QED) is 0.420. The first-order valence-electron chi connectivity index (χ1n) is 9.25. The molecule has 1 heterocycles. The van der Waals surface area contributed by atoms with E-state index in [1.165, 1.54) is 0 Å². The number of nitrogens with zero attached hydrogens (tertiary/aromatic N) is 2. The molecule has 2 aromatic carbocycles. The van der Waals surface area contributed by atoms with Gasteiger partial charge in [0.15, 0.2) is 11.5 Å². The molecule has 0 saturated carbocycles. The number of ether oxygens (including phenoxy) is 3. The van der Waals surface area contributed by atoms with Crippen LogP contribution in [-0.4, -0.2) is 42.9 Å². The van der Waals surface area contributed by atoms with Crippen LogP contribution >= 0.6 is 0 Å². The summed E-state index contributed by atoms with van der Waals surface area (Å²) in [5.41, 5.74) is 7.66. The van der Waals surface area contributed by atoms with Gasteiger partial charge in [-0.25, -0.2) is 0 Å². The van der Waals surface area contributed by atoms with E-state index in [0.717, 1.165) is 12.0 Å². The molecule has 1 aromatic heterocycles. The van der Waals surface area contributed by atoms with E-state index in [9.17, 15) is 5.11 Å². The Hall–Kier alpha value is -3.88. The molecule has 5 N–H and O–H groups in total. The van der Waals surface area contributed by atoms with Gasteiger partial charge in [0.1, 0.15) is 17.4 Å². The summed E-state index contributed by atoms with van der Waals surface area (Å²) in [5, 5.41) is 15.8. The van der Waals surface area contributed by atoms with Crippen LogP contribution in [0.25, 0.3) is 0 Å². The lowest BCUT2D eigenvalue weighted by atomic mass is 10.1. The highest BCUT2D eigenvalue weighted by molar-refractivity contribution is 5.68. The molecule has 9 nitrogen and oxygen atoms in total. The Morgan fingerprint density at radius 3 is 2.13 bits per heavy atom. The first kappa shape index (κ1) is 20.8. The van der Waals surface area contributed by atoms with E-state index in [0.29, 0.717) is 41.1 Å². The van der Waals surface area contributed by atoms with Gasteiger partial charge in [-0.3, -0.25) is 0 Å². The average molecular weight is 411 g/mol. The normalized spacial score (nSPS) is 10.4. The molecule has 158 valence electrons. The number of aromatic hydroxyl groups is 1. The molecule has 0 aliphatic carbocycles. The van der Waals surface area contributed by atoms with Crippen molar-refractivity contribution in [3.05, 3.63) is 48.0 Å². The van der Waals surface area contributed by atoms with Crippen LogP contribution in [0.3, 0.4) is 0 Å². The number of phenols is 1. The van der Waals surface area contributed by atoms with Gasteiger partial charge < -0.3 is 35.7 Å². The number of benzene rings is 2. The first-order valence-corrected chi connectivity index (χ1v) is 9.25. The Balaban J connectivity index is 1.72. The fourth-order valence-electron chi connectivity index (χ4n) is 2.92. The van der Waals surface area contributed by atoms with Gasteiger partial charge in [0.2, 0.25) is 11.7 Å². The van der Waals surface area contributed by atoms with Crippen molar-refractivity contribution in [1.29, 1.82) is 0 Å². The van der Waals surface area contributed by atoms with Crippen molar-refractivity contribution < 1.29 is 19.3 Å². The SMILES string of the molecule is COc1cc(Nc2cc(NCCc3ccc(O)cc3)nc(N)n2)cc(OC)c1OC. The molecule has 0 aliphatic heterocycles. The monoisotopic (exact) mass is 411 g/mol. The number of nitrogen functional groups attached to an aromatic ring is 1. The van der Waals surface area contributed by atoms with Crippen LogP contribution in [0.1, 0.15) is 5.56 Å². The van der Waals surface area contributed by atoms with Crippen LogP contribution in [0.5, 0.6) is 23.0 Å². The summed E-state index contributed by atoms with van der Waals surface area (Å²) in [6.45, 7) is 0.644. The highest BCUT2D eigenvalue weighted by atomic mass is 16.5. The topological polar surface area (TPSA) is 124 Å². The predicted octanol–water partition coefficient (Wildman–Crippen LogP) is 3.19. The lowest BCUT2D eigenvalue weighted by Gasteiger charge is -2.15. The van der Waals surface area contributed by atoms with Gasteiger partial charge >= 0.3 is 0 Å². The van der Waals surface area contributed by atoms with E-state index in [4.69, 9.17) is 19.9 Å². The Morgan fingerprint density at radius 1 is 0.900 bits per heavy atom. The number of methoxy groups -OCH3 is 3. The third-order valence-electron chi connectivity index (χ3n) is 4.34. The average Bonchev–Trinajstić information content (AvgIpc) is 2.74. The molecular weight excluding hydrogens is 386 g/mol. The van der Waals surface area contributed by atoms with E-state index in [2.05, 4.69) is 20.6 Å². The maximum atomic E-state index is 9.36. The molecule has 30 heavy (non-hydrogen) atoms. The Labute approximate surface area is 174 Å². The molecule has 0 saturated heterocycles. The Bertz CT molecular complexity index is 970. The van der Waals surface area contributed by atoms with Gasteiger partial charge in [-0.1, -0.05) is 12.1 Å². The molecule has 3 aromatic rings. The van der Waals surface area contributed by atoms with E-state index < -0.39 is 0 Å². The zero-order valence-electron chi connectivity index (χ0n) is 17.1. The maximum Gasteiger partial charge on any atom is 0.223 e. The lowest BCUT2D eigenvalue weighted by molar-refractivity contribution is 0.324. The minimum atomic E-state index is 0.138. The molecule has 0 fully saturated rings. The Morgan fingerprint density at radius 2 is 1.53 bits per heavy atom. The Kier molecular flexibility index (Phi) is 6.63. The standard InChI is InChI=1S/C21H25N5O4/c1-28-16-10-14(11-17(29-2)20(16)30-3)24-19-12-18(25-21(22)26-19)23-9-8-13-4-6-15(27)7-5-13/h4-7,10-12,27H,8-9H2,1-3H3,(H4,22,23,24,25,26). The number of aromatic nitrogens is 2. The third-order valence-corrected chi connectivity index (χ3v) is 4.34. The third kappa shape index (κ3) is 5.13. The number of phenolic OH excluding ortho intramolecular Hbond substituents is 1. The molecule has 0 spiro atoms. The summed E-state index contributed by atoms with van der Waals surface area (Å²) in [5.74, 6) is 3.05. The maximum absolute atomic E-state index is 9.36. The number of hydrogen-bond donors (Lipinski definition) is 4. The second-order valence-electron chi connectivity index (χ2n) is 6.38. The first-order chi connectivity index (χ1) is 14.5. The van der Waals surface area contributed by atoms with Crippen LogP contribution < -0.4 is 30.6 Å². The summed E-state index contributed by atoms with van der Waals surface area (Å²) in [6.07, 6.45) is 0.764. The van der Waals surface area contributed by atoms with Crippen molar-refractivity contribution in [3.8, 4) is 23.0 Å². The fraction of sp³-hybridized carbons (Fsp3) is 0.238. The summed E-state index contributed by atoms with van der Waals surface area (Å²) < 4.78 is 16.1. The number of anilines is 4. The van der Waals surface area contributed by atoms with E-state index in [1.54, 1.807) is 51.7 Å². The van der Waals surface area contributed by atoms with Crippen molar-refractivity contribution in [2.45, 2.75) is 6.42 Å². The van der Waals surface area contributed by atoms with Crippen LogP contribution in [0.2, 0.25) is 0 Å². The summed E-state index contributed by atoms with van der Waals surface area (Å²) in [6, 6.07) is 12.4. The van der Waals surface area contributed by atoms with Crippen molar-refractivity contribution >= 4 is 23.3 Å². The summed E-state index contributed by atoms with van der Waals surface area (Å²) in [4.78, 5) is 8.46.